The average molecular weight is 321 g/mol. The van der Waals surface area contributed by atoms with Gasteiger partial charge in [0.25, 0.3) is 0 Å². The molecular weight excluding hydrogens is 301 g/mol. The van der Waals surface area contributed by atoms with E-state index in [9.17, 15) is 9.18 Å². The molecule has 2 aromatic rings. The van der Waals surface area contributed by atoms with Gasteiger partial charge in [-0.1, -0.05) is 6.92 Å². The highest BCUT2D eigenvalue weighted by Gasteiger charge is 2.16. The van der Waals surface area contributed by atoms with Crippen LogP contribution in [0, 0.1) is 11.7 Å². The Bertz CT molecular complexity index is 659. The number of halogens is 1. The number of amides is 1. The van der Waals surface area contributed by atoms with Gasteiger partial charge in [-0.05, 0) is 24.9 Å². The van der Waals surface area contributed by atoms with Gasteiger partial charge in [0.1, 0.15) is 11.6 Å². The Morgan fingerprint density at radius 2 is 2.30 bits per heavy atom. The van der Waals surface area contributed by atoms with E-state index < -0.39 is 5.82 Å². The van der Waals surface area contributed by atoms with Crippen molar-refractivity contribution in [1.29, 1.82) is 0 Å². The second kappa shape index (κ2) is 7.73. The van der Waals surface area contributed by atoms with Crippen molar-refractivity contribution in [2.75, 3.05) is 19.0 Å². The van der Waals surface area contributed by atoms with E-state index in [-0.39, 0.29) is 23.9 Å². The molecule has 0 aliphatic heterocycles. The molecule has 1 heterocycles. The van der Waals surface area contributed by atoms with Gasteiger partial charge in [-0.25, -0.2) is 9.37 Å². The molecule has 0 bridgehead atoms. The molecule has 0 spiro atoms. The fourth-order valence-corrected chi connectivity index (χ4v) is 2.07. The lowest BCUT2D eigenvalue weighted by molar-refractivity contribution is -0.116. The van der Waals surface area contributed by atoms with Crippen LogP contribution in [0.15, 0.2) is 29.1 Å². The first kappa shape index (κ1) is 17.0. The number of aromatic nitrogens is 1. The van der Waals surface area contributed by atoms with Crippen LogP contribution in [0.3, 0.4) is 0 Å². The number of ether oxygens (including phenoxy) is 1. The molecule has 0 saturated heterocycles. The van der Waals surface area contributed by atoms with Crippen molar-refractivity contribution in [1.82, 2.24) is 4.98 Å². The van der Waals surface area contributed by atoms with E-state index in [0.29, 0.717) is 30.0 Å². The molecule has 0 saturated carbocycles. The maximum absolute atomic E-state index is 14.2. The summed E-state index contributed by atoms with van der Waals surface area (Å²) >= 11 is 0. The van der Waals surface area contributed by atoms with Crippen molar-refractivity contribution < 1.29 is 18.3 Å². The zero-order chi connectivity index (χ0) is 16.8. The van der Waals surface area contributed by atoms with Gasteiger partial charge in [0.2, 0.25) is 5.91 Å². The molecule has 2 rings (SSSR count). The summed E-state index contributed by atoms with van der Waals surface area (Å²) in [5, 5.41) is 2.56. The third-order valence-electron chi connectivity index (χ3n) is 3.53. The summed E-state index contributed by atoms with van der Waals surface area (Å²) < 4.78 is 24.6. The van der Waals surface area contributed by atoms with Crippen LogP contribution in [-0.4, -0.2) is 24.5 Å². The fourth-order valence-electron chi connectivity index (χ4n) is 2.07. The summed E-state index contributed by atoms with van der Waals surface area (Å²) in [5.74, 6) is 0.175. The molecule has 1 atom stereocenters. The molecule has 0 aliphatic carbocycles. The molecule has 1 unspecified atom stereocenters. The van der Waals surface area contributed by atoms with Crippen LogP contribution in [0.5, 0.6) is 5.75 Å². The Balaban J connectivity index is 2.15. The van der Waals surface area contributed by atoms with Crippen molar-refractivity contribution in [3.63, 3.8) is 0 Å². The standard InChI is InChI=1S/C16H20FN3O3/c1-10(7-18)3-4-16(21)20-13-6-14(22-2)11(5-12(13)17)15-8-19-9-23-15/h5-6,8-10H,3-4,7,18H2,1-2H3,(H,20,21). The number of methoxy groups -OCH3 is 1. The van der Waals surface area contributed by atoms with Gasteiger partial charge < -0.3 is 20.2 Å². The van der Waals surface area contributed by atoms with Gasteiger partial charge in [-0.3, -0.25) is 4.79 Å². The lowest BCUT2D eigenvalue weighted by atomic mass is 10.1. The second-order valence-electron chi connectivity index (χ2n) is 5.33. The number of carbonyl (C=O) groups excluding carboxylic acids is 1. The minimum absolute atomic E-state index is 0.0653. The van der Waals surface area contributed by atoms with E-state index in [4.69, 9.17) is 14.9 Å². The minimum atomic E-state index is -0.572. The third kappa shape index (κ3) is 4.29. The predicted octanol–water partition coefficient (Wildman–Crippen LogP) is 2.80. The smallest absolute Gasteiger partial charge is 0.224 e. The number of nitrogens with zero attached hydrogens (tertiary/aromatic N) is 1. The van der Waals surface area contributed by atoms with E-state index in [2.05, 4.69) is 10.3 Å². The number of oxazole rings is 1. The monoisotopic (exact) mass is 321 g/mol. The number of anilines is 1. The predicted molar refractivity (Wildman–Crippen MR) is 84.5 cm³/mol. The van der Waals surface area contributed by atoms with Crippen LogP contribution >= 0.6 is 0 Å². The first-order valence-electron chi connectivity index (χ1n) is 7.31. The summed E-state index contributed by atoms with van der Waals surface area (Å²) in [6.07, 6.45) is 3.64. The van der Waals surface area contributed by atoms with Crippen molar-refractivity contribution >= 4 is 11.6 Å². The zero-order valence-electron chi connectivity index (χ0n) is 13.1. The fraction of sp³-hybridized carbons (Fsp3) is 0.375. The van der Waals surface area contributed by atoms with Crippen LogP contribution in [0.1, 0.15) is 19.8 Å². The molecule has 1 aromatic carbocycles. The number of carbonyl (C=O) groups is 1. The van der Waals surface area contributed by atoms with E-state index in [1.54, 1.807) is 0 Å². The quantitative estimate of drug-likeness (QED) is 0.818. The molecule has 6 nitrogen and oxygen atoms in total. The molecule has 1 amide bonds. The van der Waals surface area contributed by atoms with E-state index in [0.717, 1.165) is 0 Å². The van der Waals surface area contributed by atoms with Gasteiger partial charge >= 0.3 is 0 Å². The Hall–Kier alpha value is -2.41. The van der Waals surface area contributed by atoms with Crippen molar-refractivity contribution in [2.24, 2.45) is 11.7 Å². The Morgan fingerprint density at radius 1 is 1.52 bits per heavy atom. The Kier molecular flexibility index (Phi) is 5.70. The zero-order valence-corrected chi connectivity index (χ0v) is 13.1. The SMILES string of the molecule is COc1cc(NC(=O)CCC(C)CN)c(F)cc1-c1cnco1. The van der Waals surface area contributed by atoms with E-state index in [1.807, 2.05) is 6.92 Å². The summed E-state index contributed by atoms with van der Waals surface area (Å²) in [6, 6.07) is 2.68. The average Bonchev–Trinajstić information content (AvgIpc) is 3.08. The van der Waals surface area contributed by atoms with Gasteiger partial charge in [0.05, 0.1) is 24.6 Å². The third-order valence-corrected chi connectivity index (χ3v) is 3.53. The Labute approximate surface area is 133 Å². The molecule has 3 N–H and O–H groups in total. The lowest BCUT2D eigenvalue weighted by Crippen LogP contribution is -2.17. The van der Waals surface area contributed by atoms with E-state index in [1.165, 1.54) is 31.8 Å². The van der Waals surface area contributed by atoms with E-state index >= 15 is 0 Å². The van der Waals surface area contributed by atoms with Crippen LogP contribution in [0.2, 0.25) is 0 Å². The summed E-state index contributed by atoms with van der Waals surface area (Å²) in [4.78, 5) is 15.7. The van der Waals surface area contributed by atoms with Crippen LogP contribution in [0.25, 0.3) is 11.3 Å². The highest BCUT2D eigenvalue weighted by atomic mass is 19.1. The number of hydrogen-bond donors (Lipinski definition) is 2. The van der Waals surface area contributed by atoms with Crippen LogP contribution < -0.4 is 15.8 Å². The number of benzene rings is 1. The van der Waals surface area contributed by atoms with Crippen molar-refractivity contribution in [3.05, 3.63) is 30.5 Å². The van der Waals surface area contributed by atoms with Gasteiger partial charge in [0, 0.05) is 12.5 Å². The highest BCUT2D eigenvalue weighted by molar-refractivity contribution is 5.91. The van der Waals surface area contributed by atoms with Crippen molar-refractivity contribution in [2.45, 2.75) is 19.8 Å². The van der Waals surface area contributed by atoms with Gasteiger partial charge in [-0.2, -0.15) is 0 Å². The molecule has 1 aromatic heterocycles. The number of hydrogen-bond acceptors (Lipinski definition) is 5. The van der Waals surface area contributed by atoms with Crippen LogP contribution in [0.4, 0.5) is 10.1 Å². The number of rotatable bonds is 7. The highest BCUT2D eigenvalue weighted by Crippen LogP contribution is 2.34. The molecule has 0 radical (unpaired) electrons. The lowest BCUT2D eigenvalue weighted by Gasteiger charge is -2.12. The van der Waals surface area contributed by atoms with Crippen molar-refractivity contribution in [3.8, 4) is 17.1 Å². The first-order valence-corrected chi connectivity index (χ1v) is 7.31. The Morgan fingerprint density at radius 3 is 2.91 bits per heavy atom. The molecule has 124 valence electrons. The topological polar surface area (TPSA) is 90.4 Å². The van der Waals surface area contributed by atoms with Gasteiger partial charge in [-0.15, -0.1) is 0 Å². The second-order valence-corrected chi connectivity index (χ2v) is 5.33. The normalized spacial score (nSPS) is 12.0. The summed E-state index contributed by atoms with van der Waals surface area (Å²) in [6.45, 7) is 2.48. The molecule has 23 heavy (non-hydrogen) atoms. The first-order chi connectivity index (χ1) is 11.0. The number of nitrogens with two attached hydrogens (primary N) is 1. The maximum Gasteiger partial charge on any atom is 0.224 e. The minimum Gasteiger partial charge on any atom is -0.496 e. The van der Waals surface area contributed by atoms with Crippen LogP contribution in [-0.2, 0) is 4.79 Å². The van der Waals surface area contributed by atoms with Gasteiger partial charge in [0.15, 0.2) is 12.2 Å². The molecular formula is C16H20FN3O3. The largest absolute Gasteiger partial charge is 0.496 e. The molecule has 7 heteroatoms. The summed E-state index contributed by atoms with van der Waals surface area (Å²) in [5.41, 5.74) is 6.01. The summed E-state index contributed by atoms with van der Waals surface area (Å²) in [7, 11) is 1.46. The maximum atomic E-state index is 14.2. The molecule has 0 aliphatic rings. The number of nitrogens with one attached hydrogen (secondary N) is 1. The molecule has 0 fully saturated rings.